The number of methoxy groups -OCH3 is 2. The normalized spacial score (nSPS) is 11.5. The number of hydrogen-bond acceptors (Lipinski definition) is 4. The summed E-state index contributed by atoms with van der Waals surface area (Å²) in [6.45, 7) is 0.225. The highest BCUT2D eigenvalue weighted by Crippen LogP contribution is 2.28. The van der Waals surface area contributed by atoms with Crippen LogP contribution in [0.25, 0.3) is 0 Å². The average molecular weight is 356 g/mol. The van der Waals surface area contributed by atoms with E-state index in [2.05, 4.69) is 0 Å². The van der Waals surface area contributed by atoms with Crippen LogP contribution in [0.4, 0.5) is 0 Å². The second-order valence-electron chi connectivity index (χ2n) is 4.91. The lowest BCUT2D eigenvalue weighted by molar-refractivity contribution is 0.412. The quantitative estimate of drug-likeness (QED) is 0.798. The molecule has 0 spiro atoms. The van der Waals surface area contributed by atoms with Gasteiger partial charge in [-0.05, 0) is 35.9 Å². The molecule has 0 N–H and O–H groups in total. The molecule has 0 aliphatic carbocycles. The Morgan fingerprint density at radius 3 is 2.43 bits per heavy atom. The summed E-state index contributed by atoms with van der Waals surface area (Å²) >= 11 is 6.02. The maximum Gasteiger partial charge on any atom is 0.243 e. The molecule has 0 aliphatic heterocycles. The Hall–Kier alpha value is -1.76. The topological polar surface area (TPSA) is 55.8 Å². The molecule has 0 radical (unpaired) electrons. The van der Waals surface area contributed by atoms with Crippen LogP contribution in [0.3, 0.4) is 0 Å². The Labute approximate surface area is 141 Å². The summed E-state index contributed by atoms with van der Waals surface area (Å²) in [5.74, 6) is 1.11. The van der Waals surface area contributed by atoms with Crippen molar-refractivity contribution in [1.82, 2.24) is 4.31 Å². The molecule has 0 saturated heterocycles. The average Bonchev–Trinajstić information content (AvgIpc) is 2.54. The molecule has 0 amide bonds. The Bertz CT molecular complexity index is 792. The van der Waals surface area contributed by atoms with E-state index in [1.54, 1.807) is 19.2 Å². The predicted molar refractivity (Wildman–Crippen MR) is 89.7 cm³/mol. The van der Waals surface area contributed by atoms with E-state index in [-0.39, 0.29) is 16.5 Å². The zero-order chi connectivity index (χ0) is 17.0. The standard InChI is InChI=1S/C16H18ClNO4S/c1-18(11-12-5-4-6-13(9-12)21-2)23(19,20)14-7-8-16(22-3)15(17)10-14/h4-10H,11H2,1-3H3. The highest BCUT2D eigenvalue weighted by Gasteiger charge is 2.22. The van der Waals surface area contributed by atoms with Crippen molar-refractivity contribution in [1.29, 1.82) is 0 Å². The highest BCUT2D eigenvalue weighted by atomic mass is 35.5. The Morgan fingerprint density at radius 2 is 1.83 bits per heavy atom. The number of rotatable bonds is 6. The summed E-state index contributed by atoms with van der Waals surface area (Å²) in [4.78, 5) is 0.119. The van der Waals surface area contributed by atoms with Gasteiger partial charge in [-0.25, -0.2) is 8.42 Å². The van der Waals surface area contributed by atoms with Crippen LogP contribution in [-0.4, -0.2) is 34.0 Å². The van der Waals surface area contributed by atoms with E-state index >= 15 is 0 Å². The molecule has 0 unspecified atom stereocenters. The molecule has 0 atom stereocenters. The molecule has 0 saturated carbocycles. The van der Waals surface area contributed by atoms with Crippen LogP contribution in [0.15, 0.2) is 47.4 Å². The van der Waals surface area contributed by atoms with Crippen LogP contribution in [-0.2, 0) is 16.6 Å². The molecule has 0 bridgehead atoms. The minimum absolute atomic E-state index is 0.119. The zero-order valence-electron chi connectivity index (χ0n) is 13.1. The van der Waals surface area contributed by atoms with E-state index in [0.29, 0.717) is 11.5 Å². The van der Waals surface area contributed by atoms with Gasteiger partial charge in [0, 0.05) is 13.6 Å². The van der Waals surface area contributed by atoms with Crippen LogP contribution in [0.1, 0.15) is 5.56 Å². The molecule has 0 heterocycles. The summed E-state index contributed by atoms with van der Waals surface area (Å²) in [6.07, 6.45) is 0. The zero-order valence-corrected chi connectivity index (χ0v) is 14.7. The minimum atomic E-state index is -3.65. The summed E-state index contributed by atoms with van der Waals surface area (Å²) in [7, 11) is 0.914. The Kier molecular flexibility index (Phi) is 5.51. The van der Waals surface area contributed by atoms with Crippen LogP contribution in [0.5, 0.6) is 11.5 Å². The van der Waals surface area contributed by atoms with Gasteiger partial charge in [-0.2, -0.15) is 4.31 Å². The first-order valence-electron chi connectivity index (χ1n) is 6.81. The van der Waals surface area contributed by atoms with E-state index in [9.17, 15) is 8.42 Å². The molecule has 2 rings (SSSR count). The molecule has 5 nitrogen and oxygen atoms in total. The van der Waals surface area contributed by atoms with Gasteiger partial charge in [-0.3, -0.25) is 0 Å². The van der Waals surface area contributed by atoms with Crippen LogP contribution in [0.2, 0.25) is 5.02 Å². The fraction of sp³-hybridized carbons (Fsp3) is 0.250. The number of nitrogens with zero attached hydrogens (tertiary/aromatic N) is 1. The minimum Gasteiger partial charge on any atom is -0.497 e. The van der Waals surface area contributed by atoms with Gasteiger partial charge in [0.2, 0.25) is 10.0 Å². The maximum atomic E-state index is 12.6. The molecular weight excluding hydrogens is 338 g/mol. The third-order valence-electron chi connectivity index (χ3n) is 3.37. The largest absolute Gasteiger partial charge is 0.497 e. The monoisotopic (exact) mass is 355 g/mol. The van der Waals surface area contributed by atoms with Gasteiger partial charge in [0.15, 0.2) is 0 Å². The van der Waals surface area contributed by atoms with Gasteiger partial charge >= 0.3 is 0 Å². The number of benzene rings is 2. The smallest absolute Gasteiger partial charge is 0.243 e. The van der Waals surface area contributed by atoms with Gasteiger partial charge in [-0.15, -0.1) is 0 Å². The number of sulfonamides is 1. The molecule has 0 aromatic heterocycles. The van der Waals surface area contributed by atoms with E-state index in [4.69, 9.17) is 21.1 Å². The summed E-state index contributed by atoms with van der Waals surface area (Å²) < 4.78 is 36.7. The lowest BCUT2D eigenvalue weighted by atomic mass is 10.2. The summed E-state index contributed by atoms with van der Waals surface area (Å²) in [6, 6.07) is 11.7. The first-order valence-corrected chi connectivity index (χ1v) is 8.63. The molecule has 124 valence electrons. The lowest BCUT2D eigenvalue weighted by Gasteiger charge is -2.18. The summed E-state index contributed by atoms with van der Waals surface area (Å²) in [5, 5.41) is 0.253. The highest BCUT2D eigenvalue weighted by molar-refractivity contribution is 7.89. The third-order valence-corrected chi connectivity index (χ3v) is 5.47. The van der Waals surface area contributed by atoms with Crippen LogP contribution in [0, 0.1) is 0 Å². The van der Waals surface area contributed by atoms with Crippen molar-refractivity contribution in [3.05, 3.63) is 53.1 Å². The molecule has 0 aliphatic rings. The van der Waals surface area contributed by atoms with E-state index in [1.807, 2.05) is 12.1 Å². The van der Waals surface area contributed by atoms with E-state index < -0.39 is 10.0 Å². The Balaban J connectivity index is 2.26. The first-order chi connectivity index (χ1) is 10.9. The lowest BCUT2D eigenvalue weighted by Crippen LogP contribution is -2.26. The molecular formula is C16H18ClNO4S. The fourth-order valence-corrected chi connectivity index (χ4v) is 3.61. The molecule has 2 aromatic carbocycles. The van der Waals surface area contributed by atoms with Crippen molar-refractivity contribution in [2.75, 3.05) is 21.3 Å². The second-order valence-corrected chi connectivity index (χ2v) is 7.36. The van der Waals surface area contributed by atoms with Crippen LogP contribution >= 0.6 is 11.6 Å². The van der Waals surface area contributed by atoms with Crippen molar-refractivity contribution >= 4 is 21.6 Å². The van der Waals surface area contributed by atoms with Crippen molar-refractivity contribution < 1.29 is 17.9 Å². The fourth-order valence-electron chi connectivity index (χ4n) is 2.10. The molecule has 7 heteroatoms. The predicted octanol–water partition coefficient (Wildman–Crippen LogP) is 3.18. The molecule has 2 aromatic rings. The third kappa shape index (κ3) is 3.96. The Morgan fingerprint density at radius 1 is 1.09 bits per heavy atom. The second kappa shape index (κ2) is 7.21. The molecule has 0 fully saturated rings. The van der Waals surface area contributed by atoms with Crippen LogP contribution < -0.4 is 9.47 Å². The van der Waals surface area contributed by atoms with Crippen molar-refractivity contribution in [3.8, 4) is 11.5 Å². The number of hydrogen-bond donors (Lipinski definition) is 0. The molecule has 23 heavy (non-hydrogen) atoms. The van der Waals surface area contributed by atoms with Gasteiger partial charge in [0.05, 0.1) is 24.1 Å². The first kappa shape index (κ1) is 17.6. The van der Waals surface area contributed by atoms with E-state index in [1.165, 1.54) is 36.7 Å². The van der Waals surface area contributed by atoms with E-state index in [0.717, 1.165) is 5.56 Å². The van der Waals surface area contributed by atoms with Gasteiger partial charge < -0.3 is 9.47 Å². The van der Waals surface area contributed by atoms with Crippen molar-refractivity contribution in [2.24, 2.45) is 0 Å². The van der Waals surface area contributed by atoms with Crippen molar-refractivity contribution in [3.63, 3.8) is 0 Å². The maximum absolute atomic E-state index is 12.6. The van der Waals surface area contributed by atoms with Gasteiger partial charge in [-0.1, -0.05) is 23.7 Å². The number of halogens is 1. The SMILES string of the molecule is COc1cccc(CN(C)S(=O)(=O)c2ccc(OC)c(Cl)c2)c1. The van der Waals surface area contributed by atoms with Gasteiger partial charge in [0.1, 0.15) is 11.5 Å². The number of ether oxygens (including phenoxy) is 2. The van der Waals surface area contributed by atoms with Crippen molar-refractivity contribution in [2.45, 2.75) is 11.4 Å². The summed E-state index contributed by atoms with van der Waals surface area (Å²) in [5.41, 5.74) is 0.829. The van der Waals surface area contributed by atoms with Gasteiger partial charge in [0.25, 0.3) is 0 Å².